The Hall–Kier alpha value is -0.140. The van der Waals surface area contributed by atoms with Gasteiger partial charge in [0.1, 0.15) is 8.72 Å². The van der Waals surface area contributed by atoms with E-state index in [9.17, 15) is 4.79 Å². The molecule has 0 aromatic carbocycles. The molecule has 1 atom stereocenters. The Morgan fingerprint density at radius 2 is 2.44 bits per heavy atom. The van der Waals surface area contributed by atoms with E-state index in [2.05, 4.69) is 4.98 Å². The first-order valence-electron chi connectivity index (χ1n) is 5.20. The minimum absolute atomic E-state index is 0.0882. The van der Waals surface area contributed by atoms with E-state index in [4.69, 9.17) is 16.3 Å². The molecule has 0 aliphatic carbocycles. The number of hydrogen-bond donors (Lipinski definition) is 0. The van der Waals surface area contributed by atoms with Crippen molar-refractivity contribution < 1.29 is 4.74 Å². The van der Waals surface area contributed by atoms with Gasteiger partial charge in [0, 0.05) is 6.61 Å². The predicted octanol–water partition coefficient (Wildman–Crippen LogP) is 2.07. The first kappa shape index (κ1) is 12.3. The average molecular weight is 355 g/mol. The molecule has 0 amide bonds. The zero-order valence-electron chi connectivity index (χ0n) is 8.66. The normalized spacial score (nSPS) is 21.0. The second-order valence-corrected chi connectivity index (χ2v) is 5.23. The summed E-state index contributed by atoms with van der Waals surface area (Å²) in [6.45, 7) is 1.36. The van der Waals surface area contributed by atoms with Crippen LogP contribution in [0.4, 0.5) is 0 Å². The first-order chi connectivity index (χ1) is 7.68. The third-order valence-corrected chi connectivity index (χ3v) is 4.19. The molecule has 0 N–H and O–H groups in total. The van der Waals surface area contributed by atoms with E-state index in [-0.39, 0.29) is 16.8 Å². The Kier molecular flexibility index (Phi) is 4.21. The Morgan fingerprint density at radius 1 is 1.62 bits per heavy atom. The maximum Gasteiger partial charge on any atom is 0.268 e. The fourth-order valence-electron chi connectivity index (χ4n) is 1.74. The molecule has 1 fully saturated rings. The van der Waals surface area contributed by atoms with Crippen LogP contribution in [-0.4, -0.2) is 22.3 Å². The van der Waals surface area contributed by atoms with Crippen LogP contribution < -0.4 is 5.56 Å². The predicted molar refractivity (Wildman–Crippen MR) is 69.8 cm³/mol. The molecule has 1 aromatic rings. The molecule has 4 nitrogen and oxygen atoms in total. The molecule has 88 valence electrons. The summed E-state index contributed by atoms with van der Waals surface area (Å²) in [5.41, 5.74) is -0.0882. The van der Waals surface area contributed by atoms with Crippen LogP contribution in [0.3, 0.4) is 0 Å². The molecule has 2 rings (SSSR count). The summed E-state index contributed by atoms with van der Waals surface area (Å²) in [6.07, 6.45) is 4.90. The van der Waals surface area contributed by atoms with Gasteiger partial charge < -0.3 is 4.74 Å². The fourth-order valence-corrected chi connectivity index (χ4v) is 2.32. The average Bonchev–Trinajstić information content (AvgIpc) is 2.31. The highest BCUT2D eigenvalue weighted by molar-refractivity contribution is 14.1. The van der Waals surface area contributed by atoms with Crippen molar-refractivity contribution in [3.63, 3.8) is 0 Å². The van der Waals surface area contributed by atoms with Crippen molar-refractivity contribution in [1.82, 2.24) is 9.55 Å². The van der Waals surface area contributed by atoms with Crippen molar-refractivity contribution in [2.45, 2.75) is 31.9 Å². The molecule has 0 saturated carbocycles. The molecule has 0 radical (unpaired) electrons. The lowest BCUT2D eigenvalue weighted by Crippen LogP contribution is -2.31. The molecule has 6 heteroatoms. The van der Waals surface area contributed by atoms with Crippen LogP contribution in [0.5, 0.6) is 0 Å². The van der Waals surface area contributed by atoms with Gasteiger partial charge in [0.2, 0.25) is 0 Å². The van der Waals surface area contributed by atoms with Crippen molar-refractivity contribution in [3.8, 4) is 0 Å². The van der Waals surface area contributed by atoms with Gasteiger partial charge in [-0.2, -0.15) is 0 Å². The van der Waals surface area contributed by atoms with E-state index in [1.165, 1.54) is 6.33 Å². The zero-order valence-corrected chi connectivity index (χ0v) is 11.6. The van der Waals surface area contributed by atoms with Gasteiger partial charge in [-0.15, -0.1) is 0 Å². The van der Waals surface area contributed by atoms with E-state index < -0.39 is 0 Å². The summed E-state index contributed by atoms with van der Waals surface area (Å²) in [4.78, 5) is 15.8. The molecule has 1 aliphatic heterocycles. The van der Waals surface area contributed by atoms with Crippen LogP contribution in [0.25, 0.3) is 0 Å². The van der Waals surface area contributed by atoms with Crippen LogP contribution in [0.2, 0.25) is 5.15 Å². The maximum atomic E-state index is 11.8. The first-order valence-corrected chi connectivity index (χ1v) is 6.66. The Bertz CT molecular complexity index is 429. The molecule has 1 aliphatic rings. The smallest absolute Gasteiger partial charge is 0.268 e. The number of nitrogens with zero attached hydrogens (tertiary/aromatic N) is 2. The van der Waals surface area contributed by atoms with Gasteiger partial charge in [0.15, 0.2) is 0 Å². The van der Waals surface area contributed by atoms with Crippen LogP contribution in [0, 0.1) is 3.57 Å². The molecular weight excluding hydrogens is 342 g/mol. The Balaban J connectivity index is 2.15. The highest BCUT2D eigenvalue weighted by Crippen LogP contribution is 2.15. The lowest BCUT2D eigenvalue weighted by molar-refractivity contribution is 0.00521. The van der Waals surface area contributed by atoms with Gasteiger partial charge in [-0.1, -0.05) is 11.6 Å². The van der Waals surface area contributed by atoms with Crippen LogP contribution in [0.1, 0.15) is 19.3 Å². The zero-order chi connectivity index (χ0) is 11.5. The van der Waals surface area contributed by atoms with E-state index >= 15 is 0 Å². The van der Waals surface area contributed by atoms with Crippen molar-refractivity contribution >= 4 is 34.2 Å². The number of ether oxygens (including phenoxy) is 1. The molecule has 1 saturated heterocycles. The maximum absolute atomic E-state index is 11.8. The molecule has 0 bridgehead atoms. The molecule has 0 spiro atoms. The van der Waals surface area contributed by atoms with Gasteiger partial charge in [-0.05, 0) is 41.9 Å². The number of halogens is 2. The summed E-state index contributed by atoms with van der Waals surface area (Å²) in [5, 5.41) is 0.270. The standard InChI is InChI=1S/C10H12ClIN2O2/c11-9-8(12)10(15)14(6-13-9)5-7-3-1-2-4-16-7/h6-7H,1-5H2. The van der Waals surface area contributed by atoms with Gasteiger partial charge in [0.05, 0.1) is 19.0 Å². The van der Waals surface area contributed by atoms with Crippen molar-refractivity contribution in [1.29, 1.82) is 0 Å². The lowest BCUT2D eigenvalue weighted by Gasteiger charge is -2.23. The molecule has 2 heterocycles. The quantitative estimate of drug-likeness (QED) is 0.603. The van der Waals surface area contributed by atoms with E-state index in [0.29, 0.717) is 10.1 Å². The molecule has 1 unspecified atom stereocenters. The van der Waals surface area contributed by atoms with Gasteiger partial charge in [-0.25, -0.2) is 4.98 Å². The summed E-state index contributed by atoms with van der Waals surface area (Å²) < 4.78 is 7.63. The molecule has 1 aromatic heterocycles. The monoisotopic (exact) mass is 354 g/mol. The minimum Gasteiger partial charge on any atom is -0.376 e. The van der Waals surface area contributed by atoms with E-state index in [0.717, 1.165) is 25.9 Å². The SMILES string of the molecule is O=c1c(I)c(Cl)ncn1CC1CCCCO1. The topological polar surface area (TPSA) is 44.1 Å². The summed E-state index contributed by atoms with van der Waals surface area (Å²) in [5.74, 6) is 0. The second-order valence-electron chi connectivity index (χ2n) is 3.80. The van der Waals surface area contributed by atoms with Crippen LogP contribution in [0.15, 0.2) is 11.1 Å². The Labute approximate surface area is 112 Å². The van der Waals surface area contributed by atoms with Crippen LogP contribution >= 0.6 is 34.2 Å². The molecular formula is C10H12ClIN2O2. The van der Waals surface area contributed by atoms with Crippen LogP contribution in [-0.2, 0) is 11.3 Å². The largest absolute Gasteiger partial charge is 0.376 e. The number of hydrogen-bond acceptors (Lipinski definition) is 3. The van der Waals surface area contributed by atoms with Crippen molar-refractivity contribution in [2.24, 2.45) is 0 Å². The highest BCUT2D eigenvalue weighted by Gasteiger charge is 2.16. The fraction of sp³-hybridized carbons (Fsp3) is 0.600. The Morgan fingerprint density at radius 3 is 3.12 bits per heavy atom. The number of aromatic nitrogens is 2. The minimum atomic E-state index is -0.0882. The highest BCUT2D eigenvalue weighted by atomic mass is 127. The lowest BCUT2D eigenvalue weighted by atomic mass is 10.1. The van der Waals surface area contributed by atoms with Crippen molar-refractivity contribution in [3.05, 3.63) is 25.4 Å². The third kappa shape index (κ3) is 2.75. The summed E-state index contributed by atoms with van der Waals surface area (Å²) >= 11 is 7.69. The molecule has 16 heavy (non-hydrogen) atoms. The van der Waals surface area contributed by atoms with Crippen molar-refractivity contribution in [2.75, 3.05) is 6.61 Å². The van der Waals surface area contributed by atoms with E-state index in [1.807, 2.05) is 22.6 Å². The third-order valence-electron chi connectivity index (χ3n) is 2.61. The van der Waals surface area contributed by atoms with E-state index in [1.54, 1.807) is 4.57 Å². The number of rotatable bonds is 2. The second kappa shape index (κ2) is 5.46. The van der Waals surface area contributed by atoms with Gasteiger partial charge in [-0.3, -0.25) is 9.36 Å². The summed E-state index contributed by atoms with van der Waals surface area (Å²) in [7, 11) is 0. The van der Waals surface area contributed by atoms with Gasteiger partial charge >= 0.3 is 0 Å². The van der Waals surface area contributed by atoms with Gasteiger partial charge in [0.25, 0.3) is 5.56 Å². The summed E-state index contributed by atoms with van der Waals surface area (Å²) in [6, 6.07) is 0.